The third kappa shape index (κ3) is 2.46. The summed E-state index contributed by atoms with van der Waals surface area (Å²) >= 11 is 0. The van der Waals surface area contributed by atoms with Crippen molar-refractivity contribution in [3.05, 3.63) is 29.8 Å². The summed E-state index contributed by atoms with van der Waals surface area (Å²) in [5, 5.41) is 12.5. The van der Waals surface area contributed by atoms with Crippen LogP contribution in [-0.4, -0.2) is 12.2 Å². The van der Waals surface area contributed by atoms with Gasteiger partial charge in [-0.2, -0.15) is 0 Å². The molecule has 1 aromatic rings. The highest BCUT2D eigenvalue weighted by Crippen LogP contribution is 2.23. The highest BCUT2D eigenvalue weighted by Gasteiger charge is 2.12. The van der Waals surface area contributed by atoms with Crippen LogP contribution in [0.5, 0.6) is 5.75 Å². The second-order valence-corrected chi connectivity index (χ2v) is 3.61. The summed E-state index contributed by atoms with van der Waals surface area (Å²) in [7, 11) is 1.94. The Morgan fingerprint density at radius 3 is 2.46 bits per heavy atom. The molecule has 1 rings (SSSR count). The molecule has 0 amide bonds. The van der Waals surface area contributed by atoms with E-state index in [2.05, 4.69) is 19.2 Å². The van der Waals surface area contributed by atoms with E-state index in [-0.39, 0.29) is 0 Å². The minimum atomic E-state index is 0.312. The third-order valence-electron chi connectivity index (χ3n) is 2.21. The fraction of sp³-hybridized carbons (Fsp3) is 0.455. The van der Waals surface area contributed by atoms with Crippen LogP contribution in [-0.2, 0) is 0 Å². The number of hydrogen-bond acceptors (Lipinski definition) is 2. The Morgan fingerprint density at radius 1 is 1.31 bits per heavy atom. The molecule has 0 heterocycles. The van der Waals surface area contributed by atoms with Crippen molar-refractivity contribution in [3.8, 4) is 5.75 Å². The Kier molecular flexibility index (Phi) is 3.32. The first-order chi connectivity index (χ1) is 6.15. The van der Waals surface area contributed by atoms with Crippen molar-refractivity contribution in [1.29, 1.82) is 0 Å². The largest absolute Gasteiger partial charge is 0.508 e. The molecule has 0 radical (unpaired) electrons. The molecule has 0 saturated carbocycles. The summed E-state index contributed by atoms with van der Waals surface area (Å²) in [4.78, 5) is 0. The molecular formula is C11H17NO. The van der Waals surface area contributed by atoms with Crippen molar-refractivity contribution in [3.63, 3.8) is 0 Å². The molecule has 0 aromatic heterocycles. The average Bonchev–Trinajstić information content (AvgIpc) is 2.04. The fourth-order valence-electron chi connectivity index (χ4n) is 1.60. The quantitative estimate of drug-likeness (QED) is 0.746. The molecule has 1 unspecified atom stereocenters. The molecule has 2 N–H and O–H groups in total. The van der Waals surface area contributed by atoms with E-state index in [1.54, 1.807) is 12.1 Å². The molecule has 0 aliphatic carbocycles. The van der Waals surface area contributed by atoms with Gasteiger partial charge in [0.1, 0.15) is 5.75 Å². The minimum absolute atomic E-state index is 0.312. The van der Waals surface area contributed by atoms with Crippen molar-refractivity contribution in [1.82, 2.24) is 5.32 Å². The SMILES string of the molecule is CNC(c1cccc(O)c1)C(C)C. The first kappa shape index (κ1) is 10.1. The average molecular weight is 179 g/mol. The summed E-state index contributed by atoms with van der Waals surface area (Å²) < 4.78 is 0. The van der Waals surface area contributed by atoms with Crippen molar-refractivity contribution in [2.24, 2.45) is 5.92 Å². The number of rotatable bonds is 3. The second-order valence-electron chi connectivity index (χ2n) is 3.61. The molecule has 0 spiro atoms. The number of aromatic hydroxyl groups is 1. The van der Waals surface area contributed by atoms with Crippen LogP contribution in [0.3, 0.4) is 0 Å². The maximum absolute atomic E-state index is 9.31. The van der Waals surface area contributed by atoms with E-state index >= 15 is 0 Å². The van der Waals surface area contributed by atoms with Gasteiger partial charge in [-0.1, -0.05) is 26.0 Å². The van der Waals surface area contributed by atoms with E-state index < -0.39 is 0 Å². The van der Waals surface area contributed by atoms with E-state index in [1.807, 2.05) is 19.2 Å². The maximum atomic E-state index is 9.31. The Hall–Kier alpha value is -1.02. The van der Waals surface area contributed by atoms with E-state index in [9.17, 15) is 5.11 Å². The molecule has 1 aromatic carbocycles. The maximum Gasteiger partial charge on any atom is 0.115 e. The van der Waals surface area contributed by atoms with Gasteiger partial charge in [0, 0.05) is 6.04 Å². The second kappa shape index (κ2) is 4.28. The molecule has 0 fully saturated rings. The van der Waals surface area contributed by atoms with Gasteiger partial charge in [-0.3, -0.25) is 0 Å². The van der Waals surface area contributed by atoms with Crippen LogP contribution >= 0.6 is 0 Å². The molecule has 0 aliphatic rings. The lowest BCUT2D eigenvalue weighted by Crippen LogP contribution is -2.21. The lowest BCUT2D eigenvalue weighted by atomic mass is 9.96. The Balaban J connectivity index is 2.91. The highest BCUT2D eigenvalue weighted by atomic mass is 16.3. The summed E-state index contributed by atoms with van der Waals surface area (Å²) in [5.74, 6) is 0.852. The topological polar surface area (TPSA) is 32.3 Å². The van der Waals surface area contributed by atoms with Gasteiger partial charge >= 0.3 is 0 Å². The molecule has 2 nitrogen and oxygen atoms in total. The van der Waals surface area contributed by atoms with Crippen LogP contribution in [0.4, 0.5) is 0 Å². The lowest BCUT2D eigenvalue weighted by molar-refractivity contribution is 0.436. The van der Waals surface area contributed by atoms with Gasteiger partial charge < -0.3 is 10.4 Å². The van der Waals surface area contributed by atoms with Gasteiger partial charge in [-0.15, -0.1) is 0 Å². The van der Waals surface area contributed by atoms with Gasteiger partial charge in [-0.25, -0.2) is 0 Å². The molecule has 13 heavy (non-hydrogen) atoms. The number of nitrogens with one attached hydrogen (secondary N) is 1. The fourth-order valence-corrected chi connectivity index (χ4v) is 1.60. The molecule has 0 saturated heterocycles. The zero-order valence-corrected chi connectivity index (χ0v) is 8.41. The number of phenols is 1. The summed E-state index contributed by atoms with van der Waals surface area (Å²) in [6, 6.07) is 7.71. The van der Waals surface area contributed by atoms with Crippen molar-refractivity contribution >= 4 is 0 Å². The van der Waals surface area contributed by atoms with Gasteiger partial charge in [0.2, 0.25) is 0 Å². The van der Waals surface area contributed by atoms with Gasteiger partial charge in [0.15, 0.2) is 0 Å². The summed E-state index contributed by atoms with van der Waals surface area (Å²) in [5.41, 5.74) is 1.14. The molecule has 1 atom stereocenters. The van der Waals surface area contributed by atoms with Crippen LogP contribution in [0.2, 0.25) is 0 Å². The molecular weight excluding hydrogens is 162 g/mol. The Bertz CT molecular complexity index is 271. The lowest BCUT2D eigenvalue weighted by Gasteiger charge is -2.20. The predicted octanol–water partition coefficient (Wildman–Crippen LogP) is 2.31. The highest BCUT2D eigenvalue weighted by molar-refractivity contribution is 5.29. The van der Waals surface area contributed by atoms with E-state index in [0.29, 0.717) is 17.7 Å². The molecule has 72 valence electrons. The molecule has 0 bridgehead atoms. The zero-order valence-electron chi connectivity index (χ0n) is 8.41. The summed E-state index contributed by atoms with van der Waals surface area (Å²) in [6.07, 6.45) is 0. The third-order valence-corrected chi connectivity index (χ3v) is 2.21. The van der Waals surface area contributed by atoms with Crippen LogP contribution in [0.25, 0.3) is 0 Å². The monoisotopic (exact) mass is 179 g/mol. The standard InChI is InChI=1S/C11H17NO/c1-8(2)11(12-3)9-5-4-6-10(13)7-9/h4-8,11-13H,1-3H3. The van der Waals surface area contributed by atoms with Crippen molar-refractivity contribution in [2.45, 2.75) is 19.9 Å². The van der Waals surface area contributed by atoms with E-state index in [0.717, 1.165) is 5.56 Å². The normalized spacial score (nSPS) is 13.2. The smallest absolute Gasteiger partial charge is 0.115 e. The van der Waals surface area contributed by atoms with Crippen LogP contribution in [0.1, 0.15) is 25.5 Å². The molecule has 0 aliphatic heterocycles. The first-order valence-electron chi connectivity index (χ1n) is 4.61. The van der Waals surface area contributed by atoms with E-state index in [4.69, 9.17) is 0 Å². The van der Waals surface area contributed by atoms with Gasteiger partial charge in [-0.05, 0) is 30.7 Å². The van der Waals surface area contributed by atoms with Gasteiger partial charge in [0.05, 0.1) is 0 Å². The van der Waals surface area contributed by atoms with E-state index in [1.165, 1.54) is 0 Å². The molecule has 2 heteroatoms. The van der Waals surface area contributed by atoms with Crippen LogP contribution < -0.4 is 5.32 Å². The summed E-state index contributed by atoms with van der Waals surface area (Å²) in [6.45, 7) is 4.32. The van der Waals surface area contributed by atoms with Gasteiger partial charge in [0.25, 0.3) is 0 Å². The first-order valence-corrected chi connectivity index (χ1v) is 4.61. The number of benzene rings is 1. The van der Waals surface area contributed by atoms with Crippen LogP contribution in [0.15, 0.2) is 24.3 Å². The predicted molar refractivity (Wildman–Crippen MR) is 54.7 cm³/mol. The van der Waals surface area contributed by atoms with Crippen molar-refractivity contribution < 1.29 is 5.11 Å². The van der Waals surface area contributed by atoms with Crippen molar-refractivity contribution in [2.75, 3.05) is 7.05 Å². The Labute approximate surface area is 79.6 Å². The van der Waals surface area contributed by atoms with Crippen LogP contribution in [0, 0.1) is 5.92 Å². The minimum Gasteiger partial charge on any atom is -0.508 e. The Morgan fingerprint density at radius 2 is 2.00 bits per heavy atom. The number of hydrogen-bond donors (Lipinski definition) is 2. The zero-order chi connectivity index (χ0) is 9.84. The number of phenolic OH excluding ortho intramolecular Hbond substituents is 1.